The Kier molecular flexibility index (Phi) is 3.74. The predicted octanol–water partition coefficient (Wildman–Crippen LogP) is 4.11. The van der Waals surface area contributed by atoms with E-state index in [1.54, 1.807) is 30.3 Å². The first-order valence-corrected chi connectivity index (χ1v) is 6.17. The highest BCUT2D eigenvalue weighted by atomic mass is 35.5. The van der Waals surface area contributed by atoms with Gasteiger partial charge in [0, 0.05) is 17.0 Å². The van der Waals surface area contributed by atoms with Crippen LogP contribution < -0.4 is 0 Å². The van der Waals surface area contributed by atoms with Gasteiger partial charge in [-0.1, -0.05) is 35.5 Å². The molecule has 0 aromatic heterocycles. The Morgan fingerprint density at radius 2 is 1.89 bits per heavy atom. The number of hydrogen-bond acceptors (Lipinski definition) is 4. The highest BCUT2D eigenvalue weighted by molar-refractivity contribution is 7.99. The summed E-state index contributed by atoms with van der Waals surface area (Å²) in [5, 5.41) is 20.5. The second-order valence-corrected chi connectivity index (χ2v) is 4.93. The first kappa shape index (κ1) is 12.7. The van der Waals surface area contributed by atoms with Crippen molar-refractivity contribution in [3.05, 3.63) is 57.6 Å². The Balaban J connectivity index is 2.30. The Morgan fingerprint density at radius 3 is 2.50 bits per heavy atom. The van der Waals surface area contributed by atoms with Gasteiger partial charge in [0.15, 0.2) is 0 Å². The molecule has 0 spiro atoms. The average Bonchev–Trinajstić information content (AvgIpc) is 2.34. The molecule has 0 radical (unpaired) electrons. The third kappa shape index (κ3) is 2.75. The standard InChI is InChI=1S/C12H8ClNO3S/c13-9-7-8(14(16)17)5-6-11(9)18-12-4-2-1-3-10(12)15/h1-7,15H. The number of nitrogens with zero attached hydrogens (tertiary/aromatic N) is 1. The molecule has 2 aromatic rings. The molecule has 1 N–H and O–H groups in total. The maximum absolute atomic E-state index is 10.6. The number of nitro benzene ring substituents is 1. The lowest BCUT2D eigenvalue weighted by Crippen LogP contribution is -1.87. The summed E-state index contributed by atoms with van der Waals surface area (Å²) in [6.45, 7) is 0. The van der Waals surface area contributed by atoms with Crippen LogP contribution in [0.5, 0.6) is 5.75 Å². The Morgan fingerprint density at radius 1 is 1.17 bits per heavy atom. The van der Waals surface area contributed by atoms with Gasteiger partial charge in [-0.05, 0) is 18.2 Å². The van der Waals surface area contributed by atoms with Crippen LogP contribution in [0.3, 0.4) is 0 Å². The fourth-order valence-corrected chi connectivity index (χ4v) is 2.49. The molecular weight excluding hydrogens is 274 g/mol. The van der Waals surface area contributed by atoms with Gasteiger partial charge in [-0.2, -0.15) is 0 Å². The lowest BCUT2D eigenvalue weighted by Gasteiger charge is -2.05. The second kappa shape index (κ2) is 5.29. The molecule has 6 heteroatoms. The summed E-state index contributed by atoms with van der Waals surface area (Å²) in [6, 6.07) is 11.1. The minimum atomic E-state index is -0.500. The smallest absolute Gasteiger partial charge is 0.270 e. The minimum absolute atomic E-state index is 0.0540. The lowest BCUT2D eigenvalue weighted by atomic mass is 10.3. The van der Waals surface area contributed by atoms with Gasteiger partial charge in [-0.3, -0.25) is 10.1 Å². The number of hydrogen-bond donors (Lipinski definition) is 1. The molecule has 0 saturated heterocycles. The fraction of sp³-hybridized carbons (Fsp3) is 0. The molecule has 0 atom stereocenters. The summed E-state index contributed by atoms with van der Waals surface area (Å²) < 4.78 is 0. The number of halogens is 1. The molecule has 0 aliphatic heterocycles. The Hall–Kier alpha value is -1.72. The lowest BCUT2D eigenvalue weighted by molar-refractivity contribution is -0.384. The van der Waals surface area contributed by atoms with Crippen molar-refractivity contribution in [2.75, 3.05) is 0 Å². The van der Waals surface area contributed by atoms with E-state index in [0.29, 0.717) is 9.79 Å². The molecule has 0 aliphatic carbocycles. The van der Waals surface area contributed by atoms with E-state index in [2.05, 4.69) is 0 Å². The molecule has 92 valence electrons. The van der Waals surface area contributed by atoms with Crippen molar-refractivity contribution in [3.63, 3.8) is 0 Å². The average molecular weight is 282 g/mol. The van der Waals surface area contributed by atoms with Crippen molar-refractivity contribution < 1.29 is 10.0 Å². The number of phenolic OH excluding ortho intramolecular Hbond substituents is 1. The zero-order valence-electron chi connectivity index (χ0n) is 9.04. The summed E-state index contributed by atoms with van der Waals surface area (Å²) in [7, 11) is 0. The number of benzene rings is 2. The molecule has 0 heterocycles. The zero-order valence-corrected chi connectivity index (χ0v) is 10.6. The van der Waals surface area contributed by atoms with E-state index in [-0.39, 0.29) is 16.5 Å². The molecule has 0 bridgehead atoms. The molecular formula is C12H8ClNO3S. The van der Waals surface area contributed by atoms with Crippen LogP contribution in [0.25, 0.3) is 0 Å². The van der Waals surface area contributed by atoms with Crippen molar-refractivity contribution in [3.8, 4) is 5.75 Å². The van der Waals surface area contributed by atoms with Crippen LogP contribution >= 0.6 is 23.4 Å². The summed E-state index contributed by atoms with van der Waals surface area (Å²) in [5.41, 5.74) is -0.0540. The van der Waals surface area contributed by atoms with Crippen LogP contribution in [0.4, 0.5) is 5.69 Å². The molecule has 0 fully saturated rings. The highest BCUT2D eigenvalue weighted by Crippen LogP contribution is 2.38. The van der Waals surface area contributed by atoms with E-state index in [0.717, 1.165) is 0 Å². The number of aromatic hydroxyl groups is 1. The molecule has 4 nitrogen and oxygen atoms in total. The van der Waals surface area contributed by atoms with E-state index >= 15 is 0 Å². The monoisotopic (exact) mass is 281 g/mol. The molecule has 2 aromatic carbocycles. The fourth-order valence-electron chi connectivity index (χ4n) is 1.35. The van der Waals surface area contributed by atoms with E-state index in [9.17, 15) is 15.2 Å². The van der Waals surface area contributed by atoms with E-state index in [1.807, 2.05) is 0 Å². The van der Waals surface area contributed by atoms with Crippen molar-refractivity contribution in [2.45, 2.75) is 9.79 Å². The van der Waals surface area contributed by atoms with Crippen LogP contribution in [0, 0.1) is 10.1 Å². The van der Waals surface area contributed by atoms with Crippen molar-refractivity contribution in [1.82, 2.24) is 0 Å². The van der Waals surface area contributed by atoms with Crippen LogP contribution in [0.1, 0.15) is 0 Å². The van der Waals surface area contributed by atoms with E-state index < -0.39 is 4.92 Å². The minimum Gasteiger partial charge on any atom is -0.507 e. The van der Waals surface area contributed by atoms with E-state index in [4.69, 9.17) is 11.6 Å². The summed E-state index contributed by atoms with van der Waals surface area (Å²) in [6.07, 6.45) is 0. The summed E-state index contributed by atoms with van der Waals surface area (Å²) >= 11 is 7.23. The Bertz CT molecular complexity index is 604. The third-order valence-corrected chi connectivity index (χ3v) is 3.78. The quantitative estimate of drug-likeness (QED) is 0.679. The normalized spacial score (nSPS) is 10.3. The number of rotatable bonds is 3. The van der Waals surface area contributed by atoms with Gasteiger partial charge in [0.05, 0.1) is 14.8 Å². The summed E-state index contributed by atoms with van der Waals surface area (Å²) in [4.78, 5) is 11.4. The first-order valence-electron chi connectivity index (χ1n) is 4.97. The third-order valence-electron chi connectivity index (χ3n) is 2.21. The van der Waals surface area contributed by atoms with Crippen molar-refractivity contribution >= 4 is 29.1 Å². The van der Waals surface area contributed by atoms with Gasteiger partial charge in [0.2, 0.25) is 0 Å². The van der Waals surface area contributed by atoms with Crippen LogP contribution in [0.2, 0.25) is 5.02 Å². The van der Waals surface area contributed by atoms with Gasteiger partial charge >= 0.3 is 0 Å². The van der Waals surface area contributed by atoms with Gasteiger partial charge in [0.25, 0.3) is 5.69 Å². The van der Waals surface area contributed by atoms with Gasteiger partial charge in [-0.25, -0.2) is 0 Å². The zero-order chi connectivity index (χ0) is 13.1. The topological polar surface area (TPSA) is 63.4 Å². The van der Waals surface area contributed by atoms with Gasteiger partial charge in [0.1, 0.15) is 5.75 Å². The maximum atomic E-state index is 10.6. The van der Waals surface area contributed by atoms with Gasteiger partial charge < -0.3 is 5.11 Å². The number of phenols is 1. The summed E-state index contributed by atoms with van der Waals surface area (Å²) in [5.74, 6) is 0.150. The van der Waals surface area contributed by atoms with Crippen LogP contribution in [0.15, 0.2) is 52.3 Å². The number of nitro groups is 1. The second-order valence-electron chi connectivity index (χ2n) is 3.44. The Labute approximate surface area is 112 Å². The molecule has 0 aliphatic rings. The molecule has 2 rings (SSSR count). The van der Waals surface area contributed by atoms with Crippen LogP contribution in [-0.4, -0.2) is 10.0 Å². The maximum Gasteiger partial charge on any atom is 0.270 e. The predicted molar refractivity (Wildman–Crippen MR) is 70.3 cm³/mol. The number of para-hydroxylation sites is 1. The highest BCUT2D eigenvalue weighted by Gasteiger charge is 2.11. The molecule has 18 heavy (non-hydrogen) atoms. The van der Waals surface area contributed by atoms with Crippen molar-refractivity contribution in [2.24, 2.45) is 0 Å². The van der Waals surface area contributed by atoms with Crippen LogP contribution in [-0.2, 0) is 0 Å². The first-order chi connectivity index (χ1) is 8.58. The number of non-ortho nitro benzene ring substituents is 1. The van der Waals surface area contributed by atoms with E-state index in [1.165, 1.54) is 23.9 Å². The SMILES string of the molecule is O=[N+]([O-])c1ccc(Sc2ccccc2O)c(Cl)c1. The molecule has 0 saturated carbocycles. The molecule has 0 amide bonds. The molecule has 0 unspecified atom stereocenters. The largest absolute Gasteiger partial charge is 0.507 e. The van der Waals surface area contributed by atoms with Gasteiger partial charge in [-0.15, -0.1) is 0 Å². The van der Waals surface area contributed by atoms with Crippen molar-refractivity contribution in [1.29, 1.82) is 0 Å².